The third-order valence-corrected chi connectivity index (χ3v) is 3.05. The molecule has 1 aromatic heterocycles. The highest BCUT2D eigenvalue weighted by molar-refractivity contribution is 6.04. The van der Waals surface area contributed by atoms with Crippen LogP contribution < -0.4 is 11.1 Å². The van der Waals surface area contributed by atoms with Crippen LogP contribution in [-0.4, -0.2) is 21.9 Å². The maximum Gasteiger partial charge on any atom is 0.274 e. The van der Waals surface area contributed by atoms with E-state index in [4.69, 9.17) is 10.9 Å². The first-order valence-electron chi connectivity index (χ1n) is 6.49. The molecule has 0 radical (unpaired) electrons. The Morgan fingerprint density at radius 3 is 2.71 bits per heavy atom. The molecule has 2 rings (SSSR count). The van der Waals surface area contributed by atoms with Crippen molar-refractivity contribution < 1.29 is 10.0 Å². The third kappa shape index (κ3) is 3.36. The number of amides is 1. The van der Waals surface area contributed by atoms with Crippen molar-refractivity contribution in [2.24, 2.45) is 10.9 Å². The number of para-hydroxylation sites is 1. The molecule has 0 aliphatic carbocycles. The van der Waals surface area contributed by atoms with Gasteiger partial charge in [0.05, 0.1) is 0 Å². The molecule has 21 heavy (non-hydrogen) atoms. The van der Waals surface area contributed by atoms with E-state index >= 15 is 0 Å². The maximum absolute atomic E-state index is 12.1. The summed E-state index contributed by atoms with van der Waals surface area (Å²) < 4.78 is 0. The molecule has 0 aliphatic rings. The highest BCUT2D eigenvalue weighted by atomic mass is 16.4. The van der Waals surface area contributed by atoms with Crippen LogP contribution in [0.5, 0.6) is 0 Å². The van der Waals surface area contributed by atoms with Crippen LogP contribution in [0.4, 0.5) is 5.69 Å². The second-order valence-corrected chi connectivity index (χ2v) is 4.38. The zero-order chi connectivity index (χ0) is 15.2. The Kier molecular flexibility index (Phi) is 4.50. The summed E-state index contributed by atoms with van der Waals surface area (Å²) in [6.45, 7) is 2.02. The Hall–Kier alpha value is -2.89. The molecule has 108 valence electrons. The lowest BCUT2D eigenvalue weighted by molar-refractivity contribution is 0.102. The number of hydrogen-bond acceptors (Lipinski definition) is 4. The summed E-state index contributed by atoms with van der Waals surface area (Å²) in [4.78, 5) is 16.2. The molecule has 2 aromatic rings. The van der Waals surface area contributed by atoms with Crippen molar-refractivity contribution in [2.45, 2.75) is 13.3 Å². The van der Waals surface area contributed by atoms with E-state index in [1.807, 2.05) is 31.2 Å². The number of anilines is 1. The number of nitrogens with two attached hydrogens (primary N) is 1. The first kappa shape index (κ1) is 14.5. The molecule has 0 saturated heterocycles. The molecule has 0 bridgehead atoms. The predicted octanol–water partition coefficient (Wildman–Crippen LogP) is 1.99. The quantitative estimate of drug-likeness (QED) is 0.346. The van der Waals surface area contributed by atoms with E-state index in [1.54, 1.807) is 6.07 Å². The molecule has 0 aliphatic heterocycles. The number of carbonyl (C=O) groups excluding carboxylic acids is 1. The first-order valence-corrected chi connectivity index (χ1v) is 6.49. The molecule has 1 aromatic carbocycles. The molecule has 0 unspecified atom stereocenters. The molecule has 0 spiro atoms. The van der Waals surface area contributed by atoms with Gasteiger partial charge in [-0.2, -0.15) is 0 Å². The normalized spacial score (nSPS) is 11.2. The van der Waals surface area contributed by atoms with E-state index in [2.05, 4.69) is 15.5 Å². The average molecular weight is 284 g/mol. The molecule has 0 atom stereocenters. The van der Waals surface area contributed by atoms with Crippen molar-refractivity contribution in [3.63, 3.8) is 0 Å². The molecule has 1 amide bonds. The largest absolute Gasteiger partial charge is 0.409 e. The van der Waals surface area contributed by atoms with Gasteiger partial charge >= 0.3 is 0 Å². The Bertz CT molecular complexity index is 666. The van der Waals surface area contributed by atoms with Crippen molar-refractivity contribution >= 4 is 17.4 Å². The molecule has 6 heteroatoms. The van der Waals surface area contributed by atoms with Crippen LogP contribution in [0.3, 0.4) is 0 Å². The SMILES string of the molecule is CCc1ccccc1NC(=O)c1ccc(C(N)=NO)cn1. The second kappa shape index (κ2) is 6.51. The fourth-order valence-electron chi connectivity index (χ4n) is 1.87. The Morgan fingerprint density at radius 2 is 2.10 bits per heavy atom. The lowest BCUT2D eigenvalue weighted by Gasteiger charge is -2.09. The van der Waals surface area contributed by atoms with Gasteiger partial charge in [0, 0.05) is 17.4 Å². The van der Waals surface area contributed by atoms with Crippen molar-refractivity contribution in [3.05, 3.63) is 59.4 Å². The van der Waals surface area contributed by atoms with Crippen molar-refractivity contribution in [1.29, 1.82) is 0 Å². The summed E-state index contributed by atoms with van der Waals surface area (Å²) in [5.74, 6) is -0.354. The van der Waals surface area contributed by atoms with E-state index in [-0.39, 0.29) is 17.4 Å². The minimum absolute atomic E-state index is 0.0502. The van der Waals surface area contributed by atoms with Crippen molar-refractivity contribution in [1.82, 2.24) is 4.98 Å². The van der Waals surface area contributed by atoms with E-state index in [1.165, 1.54) is 12.3 Å². The van der Waals surface area contributed by atoms with Crippen LogP contribution in [0.25, 0.3) is 0 Å². The summed E-state index contributed by atoms with van der Waals surface area (Å²) in [6, 6.07) is 10.7. The van der Waals surface area contributed by atoms with Gasteiger partial charge in [0.2, 0.25) is 0 Å². The summed E-state index contributed by atoms with van der Waals surface area (Å²) >= 11 is 0. The zero-order valence-corrected chi connectivity index (χ0v) is 11.6. The summed E-state index contributed by atoms with van der Waals surface area (Å²) in [5, 5.41) is 14.3. The molecule has 0 fully saturated rings. The number of benzene rings is 1. The molecular formula is C15H16N4O2. The number of aryl methyl sites for hydroxylation is 1. The van der Waals surface area contributed by atoms with Gasteiger partial charge < -0.3 is 16.3 Å². The number of hydrogen-bond donors (Lipinski definition) is 3. The number of amidine groups is 1. The van der Waals surface area contributed by atoms with Gasteiger partial charge in [-0.05, 0) is 30.2 Å². The van der Waals surface area contributed by atoms with Gasteiger partial charge in [-0.3, -0.25) is 9.78 Å². The molecule has 1 heterocycles. The number of nitrogens with zero attached hydrogens (tertiary/aromatic N) is 2. The zero-order valence-electron chi connectivity index (χ0n) is 11.6. The van der Waals surface area contributed by atoms with Gasteiger partial charge in [0.25, 0.3) is 5.91 Å². The monoisotopic (exact) mass is 284 g/mol. The van der Waals surface area contributed by atoms with Gasteiger partial charge in [0.15, 0.2) is 5.84 Å². The van der Waals surface area contributed by atoms with Crippen LogP contribution in [-0.2, 0) is 6.42 Å². The van der Waals surface area contributed by atoms with Crippen LogP contribution in [0.15, 0.2) is 47.8 Å². The van der Waals surface area contributed by atoms with E-state index in [0.29, 0.717) is 5.56 Å². The maximum atomic E-state index is 12.1. The number of nitrogens with one attached hydrogen (secondary N) is 1. The summed E-state index contributed by atoms with van der Waals surface area (Å²) in [7, 11) is 0. The number of oxime groups is 1. The minimum Gasteiger partial charge on any atom is -0.409 e. The van der Waals surface area contributed by atoms with Gasteiger partial charge in [-0.1, -0.05) is 30.3 Å². The van der Waals surface area contributed by atoms with Gasteiger partial charge in [0.1, 0.15) is 5.69 Å². The fourth-order valence-corrected chi connectivity index (χ4v) is 1.87. The number of aromatic nitrogens is 1. The molecule has 0 saturated carbocycles. The van der Waals surface area contributed by atoms with Crippen molar-refractivity contribution in [3.8, 4) is 0 Å². The van der Waals surface area contributed by atoms with E-state index < -0.39 is 0 Å². The molecular weight excluding hydrogens is 268 g/mol. The second-order valence-electron chi connectivity index (χ2n) is 4.38. The van der Waals surface area contributed by atoms with Crippen LogP contribution >= 0.6 is 0 Å². The van der Waals surface area contributed by atoms with E-state index in [0.717, 1.165) is 17.7 Å². The third-order valence-electron chi connectivity index (χ3n) is 3.05. The lowest BCUT2D eigenvalue weighted by atomic mass is 10.1. The molecule has 4 N–H and O–H groups in total. The number of rotatable bonds is 4. The highest BCUT2D eigenvalue weighted by Gasteiger charge is 2.10. The smallest absolute Gasteiger partial charge is 0.274 e. The first-order chi connectivity index (χ1) is 10.2. The van der Waals surface area contributed by atoms with Gasteiger partial charge in [-0.15, -0.1) is 0 Å². The topological polar surface area (TPSA) is 101 Å². The van der Waals surface area contributed by atoms with E-state index in [9.17, 15) is 4.79 Å². The average Bonchev–Trinajstić information content (AvgIpc) is 2.54. The van der Waals surface area contributed by atoms with Crippen LogP contribution in [0, 0.1) is 0 Å². The Balaban J connectivity index is 2.17. The Labute approximate surface area is 122 Å². The predicted molar refractivity (Wildman–Crippen MR) is 80.5 cm³/mol. The Morgan fingerprint density at radius 1 is 1.33 bits per heavy atom. The van der Waals surface area contributed by atoms with Gasteiger partial charge in [-0.25, -0.2) is 0 Å². The molecule has 6 nitrogen and oxygen atoms in total. The lowest BCUT2D eigenvalue weighted by Crippen LogP contribution is -2.17. The highest BCUT2D eigenvalue weighted by Crippen LogP contribution is 2.16. The number of pyridine rings is 1. The standard InChI is InChI=1S/C15H16N4O2/c1-2-10-5-3-4-6-12(10)18-15(20)13-8-7-11(9-17-13)14(16)19-21/h3-9,21H,2H2,1H3,(H2,16,19)(H,18,20). The van der Waals surface area contributed by atoms with Crippen LogP contribution in [0.1, 0.15) is 28.5 Å². The van der Waals surface area contributed by atoms with Crippen LogP contribution in [0.2, 0.25) is 0 Å². The number of carbonyl (C=O) groups is 1. The summed E-state index contributed by atoms with van der Waals surface area (Å²) in [6.07, 6.45) is 2.21. The summed E-state index contributed by atoms with van der Waals surface area (Å²) in [5.41, 5.74) is 7.97. The minimum atomic E-state index is -0.304. The van der Waals surface area contributed by atoms with Crippen molar-refractivity contribution in [2.75, 3.05) is 5.32 Å². The fraction of sp³-hybridized carbons (Fsp3) is 0.133.